The normalized spacial score (nSPS) is 11.9. The van der Waals surface area contributed by atoms with Gasteiger partial charge in [-0.1, -0.05) is 60.7 Å². The van der Waals surface area contributed by atoms with Crippen LogP contribution < -0.4 is 0 Å². The highest BCUT2D eigenvalue weighted by Crippen LogP contribution is 2.35. The van der Waals surface area contributed by atoms with E-state index in [-0.39, 0.29) is 10.9 Å². The van der Waals surface area contributed by atoms with Gasteiger partial charge < -0.3 is 4.57 Å². The van der Waals surface area contributed by atoms with Gasteiger partial charge in [0.2, 0.25) is 0 Å². The molecule has 5 rings (SSSR count). The summed E-state index contributed by atoms with van der Waals surface area (Å²) in [6.07, 6.45) is 4.60. The molecule has 0 N–H and O–H groups in total. The summed E-state index contributed by atoms with van der Waals surface area (Å²) in [6, 6.07) is 35.2. The summed E-state index contributed by atoms with van der Waals surface area (Å²) in [4.78, 5) is 1.44. The highest BCUT2D eigenvalue weighted by Gasteiger charge is 2.12. The third-order valence-electron chi connectivity index (χ3n) is 5.41. The van der Waals surface area contributed by atoms with Crippen molar-refractivity contribution >= 4 is 32.7 Å². The summed E-state index contributed by atoms with van der Waals surface area (Å²) in [5, 5.41) is 2.59. The fourth-order valence-electron chi connectivity index (χ4n) is 3.96. The Morgan fingerprint density at radius 2 is 1.21 bits per heavy atom. The minimum Gasteiger partial charge on any atom is -0.309 e. The van der Waals surface area contributed by atoms with Crippen LogP contribution in [0.2, 0.25) is 0 Å². The van der Waals surface area contributed by atoms with Gasteiger partial charge in [0.25, 0.3) is 0 Å². The summed E-state index contributed by atoms with van der Waals surface area (Å²) in [5.74, 6) is 0. The Hall–Kier alpha value is -2.97. The summed E-state index contributed by atoms with van der Waals surface area (Å²) >= 11 is 0. The minimum atomic E-state index is -0.0586. The lowest BCUT2D eigenvalue weighted by Crippen LogP contribution is -1.93. The summed E-state index contributed by atoms with van der Waals surface area (Å²) in [5.41, 5.74) is 6.23. The number of benzene rings is 4. The Labute approximate surface area is 168 Å². The van der Waals surface area contributed by atoms with Crippen LogP contribution in [0.15, 0.2) is 102 Å². The second-order valence-electron chi connectivity index (χ2n) is 7.36. The van der Waals surface area contributed by atoms with E-state index < -0.39 is 0 Å². The van der Waals surface area contributed by atoms with Crippen molar-refractivity contribution in [3.63, 3.8) is 0 Å². The first-order valence-corrected chi connectivity index (χ1v) is 11.8. The van der Waals surface area contributed by atoms with Crippen molar-refractivity contribution in [2.24, 2.45) is 0 Å². The zero-order chi connectivity index (χ0) is 19.1. The molecule has 0 saturated carbocycles. The van der Waals surface area contributed by atoms with Gasteiger partial charge in [-0.15, -0.1) is 0 Å². The van der Waals surface area contributed by atoms with Gasteiger partial charge in [0, 0.05) is 16.5 Å². The molecule has 0 fully saturated rings. The Kier molecular flexibility index (Phi) is 4.22. The zero-order valence-electron chi connectivity index (χ0n) is 16.1. The van der Waals surface area contributed by atoms with Crippen LogP contribution in [0.1, 0.15) is 0 Å². The van der Waals surface area contributed by atoms with Crippen molar-refractivity contribution in [3.05, 3.63) is 97.1 Å². The average Bonchev–Trinajstić information content (AvgIpc) is 3.08. The number of hydrogen-bond donors (Lipinski definition) is 1. The molecule has 0 aliphatic rings. The first-order valence-electron chi connectivity index (χ1n) is 9.59. The van der Waals surface area contributed by atoms with Gasteiger partial charge in [-0.2, -0.15) is 0 Å². The predicted molar refractivity (Wildman–Crippen MR) is 125 cm³/mol. The lowest BCUT2D eigenvalue weighted by atomic mass is 10.0. The Morgan fingerprint density at radius 1 is 0.571 bits per heavy atom. The molecule has 138 valence electrons. The number of para-hydroxylation sites is 2. The van der Waals surface area contributed by atoms with Crippen molar-refractivity contribution in [3.8, 4) is 16.8 Å². The molecule has 0 unspecified atom stereocenters. The van der Waals surface area contributed by atoms with Crippen LogP contribution in [0, 0.1) is 0 Å². The van der Waals surface area contributed by atoms with Crippen LogP contribution in [-0.4, -0.2) is 17.1 Å². The lowest BCUT2D eigenvalue weighted by Gasteiger charge is -2.11. The number of aromatic nitrogens is 1. The third-order valence-corrected chi connectivity index (χ3v) is 6.74. The largest absolute Gasteiger partial charge is 0.309 e. The first-order chi connectivity index (χ1) is 13.7. The van der Waals surface area contributed by atoms with Gasteiger partial charge in [-0.3, -0.25) is 0 Å². The summed E-state index contributed by atoms with van der Waals surface area (Å²) < 4.78 is 2.37. The highest BCUT2D eigenvalue weighted by molar-refractivity contribution is 8.15. The molecule has 28 heavy (non-hydrogen) atoms. The van der Waals surface area contributed by atoms with E-state index in [0.29, 0.717) is 0 Å². The molecule has 1 nitrogen and oxygen atoms in total. The molecule has 0 atom stereocenters. The van der Waals surface area contributed by atoms with Gasteiger partial charge >= 0.3 is 0 Å². The smallest absolute Gasteiger partial charge is 0.0547 e. The summed E-state index contributed by atoms with van der Waals surface area (Å²) in [6.45, 7) is 0. The fraction of sp³-hybridized carbons (Fsp3) is 0.0769. The number of nitrogens with zero attached hydrogens (tertiary/aromatic N) is 1. The van der Waals surface area contributed by atoms with Crippen molar-refractivity contribution in [1.29, 1.82) is 0 Å². The van der Waals surface area contributed by atoms with Crippen LogP contribution in [0.5, 0.6) is 0 Å². The van der Waals surface area contributed by atoms with Crippen LogP contribution in [0.3, 0.4) is 0 Å². The second kappa shape index (κ2) is 6.88. The zero-order valence-corrected chi connectivity index (χ0v) is 17.0. The molecule has 1 heterocycles. The molecule has 0 radical (unpaired) electrons. The molecule has 2 heteroatoms. The maximum Gasteiger partial charge on any atom is 0.0547 e. The maximum absolute atomic E-state index is 2.37. The van der Waals surface area contributed by atoms with E-state index >= 15 is 0 Å². The Balaban J connectivity index is 1.76. The third kappa shape index (κ3) is 2.81. The predicted octanol–water partition coefficient (Wildman–Crippen LogP) is 7.07. The number of thiol groups is 1. The van der Waals surface area contributed by atoms with E-state index in [1.807, 2.05) is 0 Å². The van der Waals surface area contributed by atoms with E-state index in [9.17, 15) is 0 Å². The lowest BCUT2D eigenvalue weighted by molar-refractivity contribution is 1.18. The quantitative estimate of drug-likeness (QED) is 0.319. The Bertz CT molecular complexity index is 1260. The SMILES string of the molecule is C[SH](C)c1ccc(-c2ccc3c4ccccc4n(-c4ccccc4)c3c2)cc1. The Morgan fingerprint density at radius 3 is 1.96 bits per heavy atom. The van der Waals surface area contributed by atoms with Gasteiger partial charge in [-0.05, 0) is 64.9 Å². The highest BCUT2D eigenvalue weighted by atomic mass is 32.2. The van der Waals surface area contributed by atoms with Gasteiger partial charge in [0.15, 0.2) is 0 Å². The standard InChI is InChI=1S/C26H23NS/c1-28(2)22-15-12-19(13-16-22)20-14-17-24-23-10-6-7-11-25(23)27(26(24)18-20)21-8-4-3-5-9-21/h3-18,28H,1-2H3. The number of rotatable bonds is 3. The summed E-state index contributed by atoms with van der Waals surface area (Å²) in [7, 11) is -0.0586. The van der Waals surface area contributed by atoms with E-state index in [1.54, 1.807) is 0 Å². The molecule has 0 spiro atoms. The molecule has 0 saturated heterocycles. The maximum atomic E-state index is 2.37. The molecule has 0 aliphatic carbocycles. The van der Waals surface area contributed by atoms with Crippen molar-refractivity contribution in [1.82, 2.24) is 4.57 Å². The average molecular weight is 382 g/mol. The monoisotopic (exact) mass is 381 g/mol. The molecule has 0 aliphatic heterocycles. The molecule has 0 bridgehead atoms. The topological polar surface area (TPSA) is 4.93 Å². The van der Waals surface area contributed by atoms with Crippen LogP contribution in [0.25, 0.3) is 38.6 Å². The first kappa shape index (κ1) is 17.2. The molecule has 0 amide bonds. The van der Waals surface area contributed by atoms with E-state index in [0.717, 1.165) is 0 Å². The van der Waals surface area contributed by atoms with Gasteiger partial charge in [-0.25, -0.2) is 10.9 Å². The van der Waals surface area contributed by atoms with Crippen LogP contribution in [-0.2, 0) is 0 Å². The van der Waals surface area contributed by atoms with Gasteiger partial charge in [0.1, 0.15) is 0 Å². The van der Waals surface area contributed by atoms with E-state index in [2.05, 4.69) is 114 Å². The molecule has 1 aromatic heterocycles. The molecular weight excluding hydrogens is 358 g/mol. The molecule has 5 aromatic rings. The number of fused-ring (bicyclic) bond motifs is 3. The van der Waals surface area contributed by atoms with Gasteiger partial charge in [0.05, 0.1) is 11.0 Å². The second-order valence-corrected chi connectivity index (χ2v) is 9.67. The van der Waals surface area contributed by atoms with Crippen molar-refractivity contribution in [2.75, 3.05) is 12.5 Å². The van der Waals surface area contributed by atoms with E-state index in [1.165, 1.54) is 43.5 Å². The van der Waals surface area contributed by atoms with E-state index in [4.69, 9.17) is 0 Å². The van der Waals surface area contributed by atoms with Crippen molar-refractivity contribution < 1.29 is 0 Å². The molecule has 4 aromatic carbocycles. The number of hydrogen-bond acceptors (Lipinski definition) is 0. The fourth-order valence-corrected chi connectivity index (χ4v) is 4.70. The molecular formula is C26H23NS. The van der Waals surface area contributed by atoms with Crippen molar-refractivity contribution in [2.45, 2.75) is 4.90 Å². The van der Waals surface area contributed by atoms with Crippen LogP contribution in [0.4, 0.5) is 0 Å². The van der Waals surface area contributed by atoms with Crippen LogP contribution >= 0.6 is 10.9 Å². The minimum absolute atomic E-state index is 0.0586.